The third-order valence-corrected chi connectivity index (χ3v) is 2.63. The first kappa shape index (κ1) is 11.8. The van der Waals surface area contributed by atoms with Crippen LogP contribution in [-0.4, -0.2) is 13.0 Å². The number of hydrogen-bond donors (Lipinski definition) is 0. The van der Waals surface area contributed by atoms with E-state index in [1.165, 1.54) is 5.56 Å². The minimum atomic E-state index is 0.125. The van der Waals surface area contributed by atoms with E-state index in [1.807, 2.05) is 46.0 Å². The second-order valence-electron chi connectivity index (χ2n) is 3.63. The first-order valence-electron chi connectivity index (χ1n) is 5.55. The van der Waals surface area contributed by atoms with Crippen LogP contribution < -0.4 is 4.90 Å². The fourth-order valence-electron chi connectivity index (χ4n) is 1.88. The van der Waals surface area contributed by atoms with E-state index < -0.39 is 0 Å². The van der Waals surface area contributed by atoms with Crippen LogP contribution in [0.5, 0.6) is 0 Å². The van der Waals surface area contributed by atoms with E-state index in [0.29, 0.717) is 0 Å². The van der Waals surface area contributed by atoms with Crippen LogP contribution in [0.1, 0.15) is 26.3 Å². The molecule has 2 rings (SSSR count). The van der Waals surface area contributed by atoms with Crippen LogP contribution in [0.25, 0.3) is 0 Å². The molecule has 1 aromatic rings. The summed E-state index contributed by atoms with van der Waals surface area (Å²) in [6, 6.07) is 8.08. The van der Waals surface area contributed by atoms with Gasteiger partial charge in [0.25, 0.3) is 0 Å². The topological polar surface area (TPSA) is 20.3 Å². The molecular weight excluding hydrogens is 186 g/mol. The third-order valence-electron chi connectivity index (χ3n) is 2.63. The number of amides is 1. The van der Waals surface area contributed by atoms with Crippen molar-refractivity contribution < 1.29 is 4.79 Å². The lowest BCUT2D eigenvalue weighted by Gasteiger charge is -2.29. The summed E-state index contributed by atoms with van der Waals surface area (Å²) in [6.45, 7) is 5.98. The van der Waals surface area contributed by atoms with E-state index >= 15 is 0 Å². The summed E-state index contributed by atoms with van der Waals surface area (Å²) in [6.07, 6.45) is 0.874. The smallest absolute Gasteiger partial charge is 0.229 e. The maximum Gasteiger partial charge on any atom is 0.229 e. The molecule has 0 aliphatic carbocycles. The summed E-state index contributed by atoms with van der Waals surface area (Å²) in [7, 11) is 1.84. The monoisotopic (exact) mass is 205 g/mol. The first-order chi connectivity index (χ1) is 7.20. The molecule has 2 heteroatoms. The number of para-hydroxylation sites is 1. The van der Waals surface area contributed by atoms with Crippen LogP contribution in [0.2, 0.25) is 0 Å². The minimum Gasteiger partial charge on any atom is -0.315 e. The van der Waals surface area contributed by atoms with Gasteiger partial charge in [-0.25, -0.2) is 0 Å². The van der Waals surface area contributed by atoms with Gasteiger partial charge in [-0.15, -0.1) is 0 Å². The molecular formula is C13H19NO. The van der Waals surface area contributed by atoms with Crippen molar-refractivity contribution in [2.24, 2.45) is 5.92 Å². The highest BCUT2D eigenvalue weighted by Crippen LogP contribution is 2.28. The molecule has 1 unspecified atom stereocenters. The van der Waals surface area contributed by atoms with Crippen LogP contribution in [0.4, 0.5) is 5.69 Å². The molecule has 0 bridgehead atoms. The summed E-state index contributed by atoms with van der Waals surface area (Å²) in [5, 5.41) is 0. The van der Waals surface area contributed by atoms with Gasteiger partial charge in [-0.05, 0) is 18.1 Å². The largest absolute Gasteiger partial charge is 0.315 e. The second-order valence-corrected chi connectivity index (χ2v) is 3.63. The molecule has 0 saturated heterocycles. The highest BCUT2D eigenvalue weighted by molar-refractivity contribution is 5.97. The van der Waals surface area contributed by atoms with Crippen LogP contribution in [0.3, 0.4) is 0 Å². The van der Waals surface area contributed by atoms with Gasteiger partial charge in [-0.2, -0.15) is 0 Å². The fourth-order valence-corrected chi connectivity index (χ4v) is 1.88. The van der Waals surface area contributed by atoms with E-state index in [-0.39, 0.29) is 11.8 Å². The Balaban J connectivity index is 0.000000531. The predicted octanol–water partition coefficient (Wildman–Crippen LogP) is 2.87. The van der Waals surface area contributed by atoms with Crippen LogP contribution in [0, 0.1) is 5.92 Å². The van der Waals surface area contributed by atoms with Crippen molar-refractivity contribution in [1.29, 1.82) is 0 Å². The average Bonchev–Trinajstić information content (AvgIpc) is 2.29. The Morgan fingerprint density at radius 3 is 2.53 bits per heavy atom. The van der Waals surface area contributed by atoms with Gasteiger partial charge in [-0.1, -0.05) is 39.0 Å². The molecule has 1 amide bonds. The Hall–Kier alpha value is -1.31. The van der Waals surface area contributed by atoms with Crippen molar-refractivity contribution in [3.8, 4) is 0 Å². The van der Waals surface area contributed by atoms with Crippen molar-refractivity contribution in [3.63, 3.8) is 0 Å². The summed E-state index contributed by atoms with van der Waals surface area (Å²) in [5.41, 5.74) is 2.34. The number of carbonyl (C=O) groups is 1. The predicted molar refractivity (Wildman–Crippen MR) is 64.1 cm³/mol. The minimum absolute atomic E-state index is 0.125. The van der Waals surface area contributed by atoms with Gasteiger partial charge in [0.05, 0.1) is 0 Å². The molecule has 15 heavy (non-hydrogen) atoms. The number of nitrogens with zero attached hydrogens (tertiary/aromatic N) is 1. The summed E-state index contributed by atoms with van der Waals surface area (Å²) >= 11 is 0. The fraction of sp³-hybridized carbons (Fsp3) is 0.462. The second kappa shape index (κ2) is 4.96. The van der Waals surface area contributed by atoms with Crippen molar-refractivity contribution >= 4 is 11.6 Å². The van der Waals surface area contributed by atoms with Gasteiger partial charge in [0.2, 0.25) is 5.91 Å². The number of rotatable bonds is 0. The third kappa shape index (κ3) is 2.20. The lowest BCUT2D eigenvalue weighted by atomic mass is 9.94. The molecule has 1 aromatic carbocycles. The van der Waals surface area contributed by atoms with E-state index in [9.17, 15) is 4.79 Å². The van der Waals surface area contributed by atoms with Crippen molar-refractivity contribution in [3.05, 3.63) is 29.8 Å². The quantitative estimate of drug-likeness (QED) is 0.637. The Kier molecular flexibility index (Phi) is 3.89. The number of hydrogen-bond acceptors (Lipinski definition) is 1. The lowest BCUT2D eigenvalue weighted by molar-refractivity contribution is -0.121. The van der Waals surface area contributed by atoms with E-state index in [2.05, 4.69) is 6.07 Å². The van der Waals surface area contributed by atoms with Crippen molar-refractivity contribution in [2.75, 3.05) is 11.9 Å². The van der Waals surface area contributed by atoms with Gasteiger partial charge in [0.15, 0.2) is 0 Å². The zero-order valence-corrected chi connectivity index (χ0v) is 9.95. The molecule has 2 nitrogen and oxygen atoms in total. The van der Waals surface area contributed by atoms with Gasteiger partial charge >= 0.3 is 0 Å². The van der Waals surface area contributed by atoms with E-state index in [1.54, 1.807) is 4.90 Å². The molecule has 0 aromatic heterocycles. The SMILES string of the molecule is CC.CC1Cc2ccccc2N(C)C1=O. The Morgan fingerprint density at radius 1 is 1.27 bits per heavy atom. The van der Waals surface area contributed by atoms with Gasteiger partial charge in [0.1, 0.15) is 0 Å². The van der Waals surface area contributed by atoms with E-state index in [0.717, 1.165) is 12.1 Å². The summed E-state index contributed by atoms with van der Waals surface area (Å²) in [4.78, 5) is 13.4. The van der Waals surface area contributed by atoms with Crippen LogP contribution in [-0.2, 0) is 11.2 Å². The number of fused-ring (bicyclic) bond motifs is 1. The van der Waals surface area contributed by atoms with Crippen LogP contribution in [0.15, 0.2) is 24.3 Å². The van der Waals surface area contributed by atoms with Crippen molar-refractivity contribution in [2.45, 2.75) is 27.2 Å². The molecule has 0 N–H and O–H groups in total. The number of benzene rings is 1. The van der Waals surface area contributed by atoms with Gasteiger partial charge < -0.3 is 4.90 Å². The highest BCUT2D eigenvalue weighted by atomic mass is 16.2. The van der Waals surface area contributed by atoms with E-state index in [4.69, 9.17) is 0 Å². The lowest BCUT2D eigenvalue weighted by Crippen LogP contribution is -2.37. The molecule has 0 radical (unpaired) electrons. The van der Waals surface area contributed by atoms with Crippen molar-refractivity contribution in [1.82, 2.24) is 0 Å². The van der Waals surface area contributed by atoms with Gasteiger partial charge in [-0.3, -0.25) is 4.79 Å². The molecule has 0 fully saturated rings. The zero-order chi connectivity index (χ0) is 11.4. The zero-order valence-electron chi connectivity index (χ0n) is 9.95. The normalized spacial score (nSPS) is 19.1. The number of carbonyl (C=O) groups excluding carboxylic acids is 1. The molecule has 0 spiro atoms. The molecule has 1 aliphatic rings. The summed E-state index contributed by atoms with van der Waals surface area (Å²) in [5.74, 6) is 0.346. The summed E-state index contributed by atoms with van der Waals surface area (Å²) < 4.78 is 0. The standard InChI is InChI=1S/C11H13NO.C2H6/c1-8-7-9-5-3-4-6-10(9)12(2)11(8)13;1-2/h3-6,8H,7H2,1-2H3;1-2H3. The highest BCUT2D eigenvalue weighted by Gasteiger charge is 2.26. The maximum atomic E-state index is 11.6. The molecule has 1 atom stereocenters. The van der Waals surface area contributed by atoms with Gasteiger partial charge in [0, 0.05) is 18.7 Å². The Morgan fingerprint density at radius 2 is 1.87 bits per heavy atom. The van der Waals surface area contributed by atoms with Crippen LogP contribution >= 0.6 is 0 Å². The maximum absolute atomic E-state index is 11.6. The first-order valence-corrected chi connectivity index (χ1v) is 5.55. The molecule has 1 aliphatic heterocycles. The Labute approximate surface area is 91.9 Å². The Bertz CT molecular complexity index is 346. The number of anilines is 1. The average molecular weight is 205 g/mol. The molecule has 82 valence electrons. The molecule has 0 saturated carbocycles. The molecule has 1 heterocycles.